The lowest BCUT2D eigenvalue weighted by atomic mass is 9.80. The molecule has 0 amide bonds. The Kier molecular flexibility index (Phi) is 2.77. The van der Waals surface area contributed by atoms with E-state index >= 15 is 0 Å². The largest absolute Gasteiger partial charge is 0.198 e. The molecule has 1 aromatic carbocycles. The van der Waals surface area contributed by atoms with Crippen LogP contribution in [0.15, 0.2) is 12.1 Å². The van der Waals surface area contributed by atoms with E-state index in [9.17, 15) is 0 Å². The molecule has 78 valence electrons. The fourth-order valence-electron chi connectivity index (χ4n) is 2.51. The van der Waals surface area contributed by atoms with Gasteiger partial charge in [0.05, 0.1) is 6.07 Å². The van der Waals surface area contributed by atoms with Gasteiger partial charge in [0.25, 0.3) is 0 Å². The zero-order valence-corrected chi connectivity index (χ0v) is 9.51. The third kappa shape index (κ3) is 1.90. The zero-order chi connectivity index (χ0) is 10.8. The van der Waals surface area contributed by atoms with Gasteiger partial charge >= 0.3 is 0 Å². The number of hydrogen-bond donors (Lipinski definition) is 0. The molecule has 2 rings (SSSR count). The second kappa shape index (κ2) is 4.06. The first-order valence-corrected chi connectivity index (χ1v) is 5.69. The van der Waals surface area contributed by atoms with Gasteiger partial charge in [-0.1, -0.05) is 12.1 Å². The normalized spacial score (nSPS) is 19.4. The van der Waals surface area contributed by atoms with Gasteiger partial charge in [0.1, 0.15) is 0 Å². The van der Waals surface area contributed by atoms with Crippen LogP contribution in [0.4, 0.5) is 0 Å². The number of nitriles is 1. The standard InChI is InChI=1S/C14H17N/c1-10-8-13-5-3-4-12(6-7-15)14(13)9-11(10)2/h8-9,12H,3-6H2,1-2H3. The minimum atomic E-state index is 0.484. The Morgan fingerprint density at radius 3 is 2.80 bits per heavy atom. The summed E-state index contributed by atoms with van der Waals surface area (Å²) >= 11 is 0. The maximum Gasteiger partial charge on any atom is 0.0628 e. The van der Waals surface area contributed by atoms with Gasteiger partial charge in [-0.2, -0.15) is 5.26 Å². The lowest BCUT2D eigenvalue weighted by Gasteiger charge is -2.24. The first-order valence-electron chi connectivity index (χ1n) is 5.69. The van der Waals surface area contributed by atoms with Gasteiger partial charge in [0.2, 0.25) is 0 Å². The molecule has 0 N–H and O–H groups in total. The van der Waals surface area contributed by atoms with E-state index in [-0.39, 0.29) is 0 Å². The maximum absolute atomic E-state index is 8.82. The van der Waals surface area contributed by atoms with Crippen molar-refractivity contribution < 1.29 is 0 Å². The summed E-state index contributed by atoms with van der Waals surface area (Å²) in [5.74, 6) is 0.484. The van der Waals surface area contributed by atoms with Gasteiger partial charge in [0, 0.05) is 6.42 Å². The second-order valence-electron chi connectivity index (χ2n) is 4.59. The summed E-state index contributed by atoms with van der Waals surface area (Å²) in [6.07, 6.45) is 4.29. The molecule has 0 saturated heterocycles. The average molecular weight is 199 g/mol. The Labute approximate surface area is 91.7 Å². The molecule has 0 spiro atoms. The van der Waals surface area contributed by atoms with E-state index in [4.69, 9.17) is 5.26 Å². The van der Waals surface area contributed by atoms with E-state index < -0.39 is 0 Å². The number of aryl methyl sites for hydroxylation is 3. The summed E-state index contributed by atoms with van der Waals surface area (Å²) in [5.41, 5.74) is 5.65. The Bertz CT molecular complexity index is 412. The Morgan fingerprint density at radius 1 is 1.33 bits per heavy atom. The van der Waals surface area contributed by atoms with Gasteiger partial charge in [-0.25, -0.2) is 0 Å². The molecule has 0 aromatic heterocycles. The summed E-state index contributed by atoms with van der Waals surface area (Å²) < 4.78 is 0. The topological polar surface area (TPSA) is 23.8 Å². The second-order valence-corrected chi connectivity index (χ2v) is 4.59. The van der Waals surface area contributed by atoms with Crippen LogP contribution in [-0.4, -0.2) is 0 Å². The minimum absolute atomic E-state index is 0.484. The molecule has 1 atom stereocenters. The molecule has 0 fully saturated rings. The molecule has 1 unspecified atom stereocenters. The fraction of sp³-hybridized carbons (Fsp3) is 0.500. The highest BCUT2D eigenvalue weighted by Crippen LogP contribution is 2.35. The van der Waals surface area contributed by atoms with Gasteiger partial charge in [-0.05, 0) is 61.3 Å². The number of fused-ring (bicyclic) bond motifs is 1. The maximum atomic E-state index is 8.82. The highest BCUT2D eigenvalue weighted by atomic mass is 14.3. The molecule has 0 heterocycles. The van der Waals surface area contributed by atoms with Crippen molar-refractivity contribution >= 4 is 0 Å². The van der Waals surface area contributed by atoms with Crippen molar-refractivity contribution in [3.63, 3.8) is 0 Å². The van der Waals surface area contributed by atoms with E-state index in [1.54, 1.807) is 0 Å². The van der Waals surface area contributed by atoms with Crippen LogP contribution in [0.2, 0.25) is 0 Å². The van der Waals surface area contributed by atoms with Crippen LogP contribution in [0.3, 0.4) is 0 Å². The molecule has 1 aliphatic rings. The molecule has 0 saturated carbocycles. The summed E-state index contributed by atoms with van der Waals surface area (Å²) in [5, 5.41) is 8.82. The van der Waals surface area contributed by atoms with Crippen molar-refractivity contribution in [3.05, 3.63) is 34.4 Å². The van der Waals surface area contributed by atoms with Crippen molar-refractivity contribution in [1.82, 2.24) is 0 Å². The number of hydrogen-bond acceptors (Lipinski definition) is 1. The first-order chi connectivity index (χ1) is 7.22. The molecule has 1 nitrogen and oxygen atoms in total. The van der Waals surface area contributed by atoms with E-state index in [0.29, 0.717) is 12.3 Å². The first kappa shape index (κ1) is 10.2. The third-order valence-electron chi connectivity index (χ3n) is 3.53. The molecular weight excluding hydrogens is 182 g/mol. The molecule has 0 bridgehead atoms. The summed E-state index contributed by atoms with van der Waals surface area (Å²) in [6.45, 7) is 4.33. The molecular formula is C14H17N. The van der Waals surface area contributed by atoms with E-state index in [1.165, 1.54) is 41.5 Å². The predicted molar refractivity (Wildman–Crippen MR) is 61.8 cm³/mol. The number of benzene rings is 1. The molecule has 1 aliphatic carbocycles. The van der Waals surface area contributed by atoms with Crippen LogP contribution in [-0.2, 0) is 6.42 Å². The van der Waals surface area contributed by atoms with E-state index in [0.717, 1.165) is 0 Å². The van der Waals surface area contributed by atoms with Crippen LogP contribution in [0.1, 0.15) is 47.4 Å². The molecule has 1 aromatic rings. The number of rotatable bonds is 1. The smallest absolute Gasteiger partial charge is 0.0628 e. The zero-order valence-electron chi connectivity index (χ0n) is 9.51. The van der Waals surface area contributed by atoms with Crippen molar-refractivity contribution in [1.29, 1.82) is 5.26 Å². The minimum Gasteiger partial charge on any atom is -0.198 e. The van der Waals surface area contributed by atoms with Crippen LogP contribution in [0.25, 0.3) is 0 Å². The van der Waals surface area contributed by atoms with Crippen LogP contribution >= 0.6 is 0 Å². The molecule has 1 heteroatoms. The molecule has 0 radical (unpaired) electrons. The SMILES string of the molecule is Cc1cc2c(cc1C)C(CC#N)CCC2. The summed E-state index contributed by atoms with van der Waals surface area (Å²) in [6, 6.07) is 6.92. The van der Waals surface area contributed by atoms with Gasteiger partial charge < -0.3 is 0 Å². The monoisotopic (exact) mass is 199 g/mol. The predicted octanol–water partition coefficient (Wildman–Crippen LogP) is 3.64. The van der Waals surface area contributed by atoms with Crippen LogP contribution < -0.4 is 0 Å². The average Bonchev–Trinajstić information content (AvgIpc) is 2.21. The van der Waals surface area contributed by atoms with Crippen molar-refractivity contribution in [3.8, 4) is 6.07 Å². The molecule has 15 heavy (non-hydrogen) atoms. The van der Waals surface area contributed by atoms with Gasteiger partial charge in [-0.15, -0.1) is 0 Å². The fourth-order valence-corrected chi connectivity index (χ4v) is 2.51. The molecule has 0 aliphatic heterocycles. The van der Waals surface area contributed by atoms with Gasteiger partial charge in [-0.3, -0.25) is 0 Å². The summed E-state index contributed by atoms with van der Waals surface area (Å²) in [7, 11) is 0. The van der Waals surface area contributed by atoms with Crippen molar-refractivity contribution in [2.45, 2.75) is 45.4 Å². The van der Waals surface area contributed by atoms with Crippen LogP contribution in [0.5, 0.6) is 0 Å². The van der Waals surface area contributed by atoms with Crippen molar-refractivity contribution in [2.24, 2.45) is 0 Å². The lowest BCUT2D eigenvalue weighted by molar-refractivity contribution is 0.561. The Balaban J connectivity index is 2.43. The Morgan fingerprint density at radius 2 is 2.07 bits per heavy atom. The van der Waals surface area contributed by atoms with E-state index in [1.807, 2.05) is 0 Å². The van der Waals surface area contributed by atoms with Gasteiger partial charge in [0.15, 0.2) is 0 Å². The van der Waals surface area contributed by atoms with E-state index in [2.05, 4.69) is 32.0 Å². The highest BCUT2D eigenvalue weighted by Gasteiger charge is 2.20. The Hall–Kier alpha value is -1.29. The number of nitrogens with zero attached hydrogens (tertiary/aromatic N) is 1. The lowest BCUT2D eigenvalue weighted by Crippen LogP contribution is -2.10. The summed E-state index contributed by atoms with van der Waals surface area (Å²) in [4.78, 5) is 0. The quantitative estimate of drug-likeness (QED) is 0.677. The van der Waals surface area contributed by atoms with Crippen LogP contribution in [0, 0.1) is 25.2 Å². The third-order valence-corrected chi connectivity index (χ3v) is 3.53. The highest BCUT2D eigenvalue weighted by molar-refractivity contribution is 5.40. The van der Waals surface area contributed by atoms with Crippen molar-refractivity contribution in [2.75, 3.05) is 0 Å².